The number of para-hydroxylation sites is 1. The van der Waals surface area contributed by atoms with Crippen LogP contribution in [0.1, 0.15) is 20.7 Å². The summed E-state index contributed by atoms with van der Waals surface area (Å²) in [6.07, 6.45) is 1.15. The van der Waals surface area contributed by atoms with Gasteiger partial charge in [-0.1, -0.05) is 12.1 Å². The Morgan fingerprint density at radius 1 is 1.25 bits per heavy atom. The summed E-state index contributed by atoms with van der Waals surface area (Å²) in [7, 11) is 3.65. The van der Waals surface area contributed by atoms with Gasteiger partial charge < -0.3 is 15.3 Å². The molecular weight excluding hydrogens is 260 g/mol. The monoisotopic (exact) mass is 274 g/mol. The van der Waals surface area contributed by atoms with Crippen molar-refractivity contribution >= 4 is 23.4 Å². The molecule has 104 valence electrons. The number of carbonyl (C=O) groups excluding carboxylic acids is 1. The minimum atomic E-state index is -1.16. The van der Waals surface area contributed by atoms with Crippen LogP contribution in [0.3, 0.4) is 0 Å². The van der Waals surface area contributed by atoms with Crippen molar-refractivity contribution in [1.82, 2.24) is 10.2 Å². The lowest BCUT2D eigenvalue weighted by Gasteiger charge is -2.16. The Hall–Kier alpha value is -2.83. The summed E-state index contributed by atoms with van der Waals surface area (Å²) in [4.78, 5) is 25.0. The van der Waals surface area contributed by atoms with E-state index < -0.39 is 11.9 Å². The van der Waals surface area contributed by atoms with Crippen molar-refractivity contribution in [3.63, 3.8) is 0 Å². The standard InChI is InChI=1S/C13H14N4O3/c1-17(2)10-6-4-3-5-8(10)12(18)15-11-9(13(19)20)7-14-16-11/h3-7H,1-2H3,(H,19,20)(H2,14,15,16,18). The van der Waals surface area contributed by atoms with Gasteiger partial charge in [-0.15, -0.1) is 0 Å². The minimum absolute atomic E-state index is 0.0658. The lowest BCUT2D eigenvalue weighted by atomic mass is 10.1. The van der Waals surface area contributed by atoms with E-state index in [0.717, 1.165) is 11.9 Å². The van der Waals surface area contributed by atoms with Gasteiger partial charge in [0.05, 0.1) is 11.8 Å². The molecule has 1 amide bonds. The Kier molecular flexibility index (Phi) is 3.69. The molecular formula is C13H14N4O3. The Bertz CT molecular complexity index is 649. The summed E-state index contributed by atoms with van der Waals surface area (Å²) >= 11 is 0. The van der Waals surface area contributed by atoms with Gasteiger partial charge in [0.1, 0.15) is 11.4 Å². The van der Waals surface area contributed by atoms with Gasteiger partial charge in [-0.25, -0.2) is 4.79 Å². The molecule has 0 bridgehead atoms. The first kappa shape index (κ1) is 13.6. The average molecular weight is 274 g/mol. The number of aromatic nitrogens is 2. The molecule has 2 rings (SSSR count). The summed E-state index contributed by atoms with van der Waals surface area (Å²) in [6.45, 7) is 0. The molecule has 3 N–H and O–H groups in total. The second kappa shape index (κ2) is 5.43. The molecule has 0 aliphatic carbocycles. The van der Waals surface area contributed by atoms with Crippen LogP contribution in [0.2, 0.25) is 0 Å². The molecule has 20 heavy (non-hydrogen) atoms. The quantitative estimate of drug-likeness (QED) is 0.783. The first-order chi connectivity index (χ1) is 9.50. The van der Waals surface area contributed by atoms with Crippen molar-refractivity contribution in [2.24, 2.45) is 0 Å². The van der Waals surface area contributed by atoms with Crippen molar-refractivity contribution in [2.75, 3.05) is 24.3 Å². The van der Waals surface area contributed by atoms with E-state index in [-0.39, 0.29) is 11.4 Å². The van der Waals surface area contributed by atoms with Crippen LogP contribution in [0.15, 0.2) is 30.5 Å². The second-order valence-electron chi connectivity index (χ2n) is 4.33. The number of hydrogen-bond donors (Lipinski definition) is 3. The molecule has 0 atom stereocenters. The number of benzene rings is 1. The van der Waals surface area contributed by atoms with Crippen molar-refractivity contribution in [3.05, 3.63) is 41.6 Å². The van der Waals surface area contributed by atoms with E-state index in [9.17, 15) is 9.59 Å². The zero-order valence-corrected chi connectivity index (χ0v) is 11.0. The van der Waals surface area contributed by atoms with Gasteiger partial charge in [0.15, 0.2) is 0 Å². The summed E-state index contributed by atoms with van der Waals surface area (Å²) in [6, 6.07) is 7.04. The van der Waals surface area contributed by atoms with Crippen LogP contribution in [-0.4, -0.2) is 41.3 Å². The number of aromatic amines is 1. The molecule has 0 saturated carbocycles. The summed E-state index contributed by atoms with van der Waals surface area (Å²) in [5.74, 6) is -1.49. The Morgan fingerprint density at radius 3 is 2.60 bits per heavy atom. The first-order valence-corrected chi connectivity index (χ1v) is 5.85. The van der Waals surface area contributed by atoms with Crippen molar-refractivity contribution in [3.8, 4) is 0 Å². The molecule has 7 heteroatoms. The molecule has 2 aromatic rings. The number of rotatable bonds is 4. The van der Waals surface area contributed by atoms with E-state index in [1.54, 1.807) is 23.1 Å². The first-order valence-electron chi connectivity index (χ1n) is 5.85. The van der Waals surface area contributed by atoms with E-state index in [0.29, 0.717) is 5.56 Å². The van der Waals surface area contributed by atoms with E-state index in [1.165, 1.54) is 0 Å². The molecule has 0 saturated heterocycles. The smallest absolute Gasteiger partial charge is 0.341 e. The maximum atomic E-state index is 12.2. The average Bonchev–Trinajstić information content (AvgIpc) is 2.87. The highest BCUT2D eigenvalue weighted by Crippen LogP contribution is 2.20. The number of amides is 1. The van der Waals surface area contributed by atoms with E-state index in [1.807, 2.05) is 20.2 Å². The molecule has 1 aromatic carbocycles. The minimum Gasteiger partial charge on any atom is -0.477 e. The molecule has 1 heterocycles. The highest BCUT2D eigenvalue weighted by atomic mass is 16.4. The zero-order valence-electron chi connectivity index (χ0n) is 11.0. The predicted octanol–water partition coefficient (Wildman–Crippen LogP) is 1.43. The molecule has 0 radical (unpaired) electrons. The van der Waals surface area contributed by atoms with E-state index in [2.05, 4.69) is 15.5 Å². The molecule has 7 nitrogen and oxygen atoms in total. The van der Waals surface area contributed by atoms with Crippen LogP contribution >= 0.6 is 0 Å². The Labute approximate surface area is 115 Å². The van der Waals surface area contributed by atoms with Crippen molar-refractivity contribution in [2.45, 2.75) is 0 Å². The third-order valence-corrected chi connectivity index (χ3v) is 2.74. The number of carboxylic acid groups (broad SMARTS) is 1. The van der Waals surface area contributed by atoms with Crippen molar-refractivity contribution < 1.29 is 14.7 Å². The maximum absolute atomic E-state index is 12.2. The number of anilines is 2. The van der Waals surface area contributed by atoms with Gasteiger partial charge >= 0.3 is 5.97 Å². The zero-order chi connectivity index (χ0) is 14.7. The number of aromatic carboxylic acids is 1. The van der Waals surface area contributed by atoms with Gasteiger partial charge in [0, 0.05) is 19.8 Å². The maximum Gasteiger partial charge on any atom is 0.341 e. The normalized spacial score (nSPS) is 10.1. The fraction of sp³-hybridized carbons (Fsp3) is 0.154. The third-order valence-electron chi connectivity index (χ3n) is 2.74. The van der Waals surface area contributed by atoms with Crippen LogP contribution in [0.4, 0.5) is 11.5 Å². The van der Waals surface area contributed by atoms with Crippen LogP contribution in [-0.2, 0) is 0 Å². The van der Waals surface area contributed by atoms with Gasteiger partial charge in [0.2, 0.25) is 0 Å². The number of H-pyrrole nitrogens is 1. The Morgan fingerprint density at radius 2 is 1.95 bits per heavy atom. The SMILES string of the molecule is CN(C)c1ccccc1C(=O)Nc1[nH]ncc1C(=O)O. The Balaban J connectivity index is 2.29. The number of nitrogens with one attached hydrogen (secondary N) is 2. The predicted molar refractivity (Wildman–Crippen MR) is 74.3 cm³/mol. The van der Waals surface area contributed by atoms with E-state index in [4.69, 9.17) is 5.11 Å². The van der Waals surface area contributed by atoms with Crippen molar-refractivity contribution in [1.29, 1.82) is 0 Å². The second-order valence-corrected chi connectivity index (χ2v) is 4.33. The highest BCUT2D eigenvalue weighted by Gasteiger charge is 2.17. The molecule has 0 aliphatic heterocycles. The lowest BCUT2D eigenvalue weighted by molar-refractivity contribution is 0.0698. The summed E-state index contributed by atoms with van der Waals surface area (Å²) in [5.41, 5.74) is 1.10. The summed E-state index contributed by atoms with van der Waals surface area (Å²) in [5, 5.41) is 17.6. The van der Waals surface area contributed by atoms with Crippen LogP contribution in [0.5, 0.6) is 0 Å². The van der Waals surface area contributed by atoms with Gasteiger partial charge in [0.25, 0.3) is 5.91 Å². The van der Waals surface area contributed by atoms with Gasteiger partial charge in [-0.3, -0.25) is 9.89 Å². The van der Waals surface area contributed by atoms with Gasteiger partial charge in [-0.2, -0.15) is 5.10 Å². The molecule has 1 aromatic heterocycles. The van der Waals surface area contributed by atoms with Crippen LogP contribution < -0.4 is 10.2 Å². The summed E-state index contributed by atoms with van der Waals surface area (Å²) < 4.78 is 0. The molecule has 0 aliphatic rings. The number of carbonyl (C=O) groups is 2. The van der Waals surface area contributed by atoms with E-state index >= 15 is 0 Å². The molecule has 0 spiro atoms. The topological polar surface area (TPSA) is 98.3 Å². The highest BCUT2D eigenvalue weighted by molar-refractivity contribution is 6.09. The number of hydrogen-bond acceptors (Lipinski definition) is 4. The lowest BCUT2D eigenvalue weighted by Crippen LogP contribution is -2.19. The number of nitrogens with zero attached hydrogens (tertiary/aromatic N) is 2. The van der Waals surface area contributed by atoms with Crippen LogP contribution in [0.25, 0.3) is 0 Å². The molecule has 0 unspecified atom stereocenters. The fourth-order valence-electron chi connectivity index (χ4n) is 1.78. The largest absolute Gasteiger partial charge is 0.477 e. The number of carboxylic acids is 1. The van der Waals surface area contributed by atoms with Gasteiger partial charge in [-0.05, 0) is 12.1 Å². The van der Waals surface area contributed by atoms with Crippen LogP contribution in [0, 0.1) is 0 Å². The molecule has 0 fully saturated rings. The fourth-order valence-corrected chi connectivity index (χ4v) is 1.78. The third kappa shape index (κ3) is 2.61.